The number of methoxy groups -OCH3 is 1. The first-order valence-electron chi connectivity index (χ1n) is 4.89. The molecule has 0 spiro atoms. The van der Waals surface area contributed by atoms with Crippen molar-refractivity contribution in [1.29, 1.82) is 0 Å². The van der Waals surface area contributed by atoms with Gasteiger partial charge < -0.3 is 4.74 Å². The molecule has 0 aromatic rings. The summed E-state index contributed by atoms with van der Waals surface area (Å²) in [6, 6.07) is 0.411. The smallest absolute Gasteiger partial charge is 0.323 e. The SMILES string of the molecule is COC(=O)[C@H]1C[C@@H](C)CN1C(C)C. The van der Waals surface area contributed by atoms with Crippen LogP contribution in [0.1, 0.15) is 27.2 Å². The lowest BCUT2D eigenvalue weighted by molar-refractivity contribution is -0.146. The molecule has 0 aromatic heterocycles. The topological polar surface area (TPSA) is 29.5 Å². The van der Waals surface area contributed by atoms with Crippen LogP contribution in [0.4, 0.5) is 0 Å². The lowest BCUT2D eigenvalue weighted by atomic mass is 10.1. The number of hydrogen-bond donors (Lipinski definition) is 0. The van der Waals surface area contributed by atoms with Gasteiger partial charge in [0.15, 0.2) is 0 Å². The molecule has 1 aliphatic heterocycles. The monoisotopic (exact) mass is 185 g/mol. The van der Waals surface area contributed by atoms with Crippen molar-refractivity contribution in [3.8, 4) is 0 Å². The van der Waals surface area contributed by atoms with E-state index in [1.807, 2.05) is 0 Å². The third-order valence-electron chi connectivity index (χ3n) is 2.69. The lowest BCUT2D eigenvalue weighted by Crippen LogP contribution is -2.41. The first-order chi connectivity index (χ1) is 6.06. The summed E-state index contributed by atoms with van der Waals surface area (Å²) >= 11 is 0. The average molecular weight is 185 g/mol. The first kappa shape index (κ1) is 10.5. The molecule has 3 heteroatoms. The third-order valence-corrected chi connectivity index (χ3v) is 2.69. The second kappa shape index (κ2) is 4.09. The molecule has 1 fully saturated rings. The molecule has 2 atom stereocenters. The predicted molar refractivity (Wildman–Crippen MR) is 51.4 cm³/mol. The molecular weight excluding hydrogens is 166 g/mol. The molecule has 13 heavy (non-hydrogen) atoms. The van der Waals surface area contributed by atoms with Gasteiger partial charge in [0.25, 0.3) is 0 Å². The highest BCUT2D eigenvalue weighted by Crippen LogP contribution is 2.25. The Balaban J connectivity index is 2.66. The summed E-state index contributed by atoms with van der Waals surface area (Å²) in [4.78, 5) is 13.6. The van der Waals surface area contributed by atoms with Crippen molar-refractivity contribution in [3.05, 3.63) is 0 Å². The Morgan fingerprint density at radius 3 is 2.62 bits per heavy atom. The lowest BCUT2D eigenvalue weighted by Gasteiger charge is -2.26. The minimum absolute atomic E-state index is 0.0139. The Bertz CT molecular complexity index is 191. The normalized spacial score (nSPS) is 29.6. The van der Waals surface area contributed by atoms with Gasteiger partial charge in [0, 0.05) is 12.6 Å². The Kier molecular flexibility index (Phi) is 3.31. The van der Waals surface area contributed by atoms with E-state index >= 15 is 0 Å². The Hall–Kier alpha value is -0.570. The van der Waals surface area contributed by atoms with Crippen LogP contribution in [-0.4, -0.2) is 36.6 Å². The van der Waals surface area contributed by atoms with Gasteiger partial charge in [-0.15, -0.1) is 0 Å². The van der Waals surface area contributed by atoms with Gasteiger partial charge in [-0.25, -0.2) is 0 Å². The van der Waals surface area contributed by atoms with E-state index in [1.54, 1.807) is 0 Å². The van der Waals surface area contributed by atoms with Crippen molar-refractivity contribution in [1.82, 2.24) is 4.90 Å². The van der Waals surface area contributed by atoms with E-state index in [9.17, 15) is 4.79 Å². The Morgan fingerprint density at radius 1 is 1.54 bits per heavy atom. The summed E-state index contributed by atoms with van der Waals surface area (Å²) < 4.78 is 4.78. The zero-order chi connectivity index (χ0) is 10.0. The number of esters is 1. The van der Waals surface area contributed by atoms with E-state index in [4.69, 9.17) is 4.74 Å². The van der Waals surface area contributed by atoms with E-state index in [1.165, 1.54) is 7.11 Å². The van der Waals surface area contributed by atoms with Crippen LogP contribution >= 0.6 is 0 Å². The molecule has 0 aromatic carbocycles. The number of likely N-dealkylation sites (tertiary alicyclic amines) is 1. The van der Waals surface area contributed by atoms with Crippen molar-refractivity contribution < 1.29 is 9.53 Å². The minimum Gasteiger partial charge on any atom is -0.468 e. The zero-order valence-corrected chi connectivity index (χ0v) is 8.91. The van der Waals surface area contributed by atoms with E-state index in [0.29, 0.717) is 12.0 Å². The summed E-state index contributed by atoms with van der Waals surface area (Å²) in [6.45, 7) is 7.43. The molecule has 3 nitrogen and oxygen atoms in total. The van der Waals surface area contributed by atoms with Gasteiger partial charge in [-0.2, -0.15) is 0 Å². The Morgan fingerprint density at radius 2 is 2.15 bits per heavy atom. The van der Waals surface area contributed by atoms with Gasteiger partial charge in [-0.05, 0) is 26.2 Å². The van der Waals surface area contributed by atoms with Gasteiger partial charge in [-0.3, -0.25) is 9.69 Å². The number of nitrogens with zero attached hydrogens (tertiary/aromatic N) is 1. The Labute approximate surface area is 80.1 Å². The fourth-order valence-corrected chi connectivity index (χ4v) is 2.02. The number of rotatable bonds is 2. The zero-order valence-electron chi connectivity index (χ0n) is 8.91. The van der Waals surface area contributed by atoms with Crippen LogP contribution in [0.25, 0.3) is 0 Å². The summed E-state index contributed by atoms with van der Waals surface area (Å²) in [5.74, 6) is 0.518. The molecule has 0 saturated carbocycles. The molecule has 0 amide bonds. The van der Waals surface area contributed by atoms with Crippen molar-refractivity contribution in [2.45, 2.75) is 39.3 Å². The second-order valence-electron chi connectivity index (χ2n) is 4.17. The van der Waals surface area contributed by atoms with Crippen LogP contribution in [0, 0.1) is 5.92 Å². The van der Waals surface area contributed by atoms with Crippen molar-refractivity contribution in [2.75, 3.05) is 13.7 Å². The summed E-state index contributed by atoms with van der Waals surface area (Å²) in [7, 11) is 1.46. The van der Waals surface area contributed by atoms with E-state index in [2.05, 4.69) is 25.7 Å². The quantitative estimate of drug-likeness (QED) is 0.607. The van der Waals surface area contributed by atoms with E-state index in [-0.39, 0.29) is 12.0 Å². The molecule has 0 bridgehead atoms. The third kappa shape index (κ3) is 2.21. The van der Waals surface area contributed by atoms with Crippen LogP contribution in [-0.2, 0) is 9.53 Å². The molecular formula is C10H19NO2. The van der Waals surface area contributed by atoms with E-state index < -0.39 is 0 Å². The first-order valence-corrected chi connectivity index (χ1v) is 4.89. The molecule has 0 aliphatic carbocycles. The summed E-state index contributed by atoms with van der Waals surface area (Å²) in [5, 5.41) is 0. The van der Waals surface area contributed by atoms with Gasteiger partial charge in [-0.1, -0.05) is 6.92 Å². The van der Waals surface area contributed by atoms with Crippen LogP contribution in [0.3, 0.4) is 0 Å². The summed E-state index contributed by atoms with van der Waals surface area (Å²) in [6.07, 6.45) is 0.935. The molecule has 1 saturated heterocycles. The molecule has 0 unspecified atom stereocenters. The van der Waals surface area contributed by atoms with Crippen molar-refractivity contribution in [2.24, 2.45) is 5.92 Å². The van der Waals surface area contributed by atoms with Gasteiger partial charge in [0.2, 0.25) is 0 Å². The number of carbonyl (C=O) groups excluding carboxylic acids is 1. The highest BCUT2D eigenvalue weighted by molar-refractivity contribution is 5.76. The highest BCUT2D eigenvalue weighted by Gasteiger charge is 2.36. The van der Waals surface area contributed by atoms with E-state index in [0.717, 1.165) is 13.0 Å². The summed E-state index contributed by atoms with van der Waals surface area (Å²) in [5.41, 5.74) is 0. The van der Waals surface area contributed by atoms with Gasteiger partial charge in [0.1, 0.15) is 6.04 Å². The molecule has 0 radical (unpaired) electrons. The molecule has 76 valence electrons. The maximum Gasteiger partial charge on any atom is 0.323 e. The van der Waals surface area contributed by atoms with Crippen molar-refractivity contribution >= 4 is 5.97 Å². The van der Waals surface area contributed by atoms with Gasteiger partial charge >= 0.3 is 5.97 Å². The van der Waals surface area contributed by atoms with Crippen LogP contribution in [0.5, 0.6) is 0 Å². The maximum absolute atomic E-state index is 11.4. The fourth-order valence-electron chi connectivity index (χ4n) is 2.02. The minimum atomic E-state index is -0.0851. The molecule has 1 aliphatic rings. The molecule has 0 N–H and O–H groups in total. The predicted octanol–water partition coefficient (Wildman–Crippen LogP) is 1.28. The van der Waals surface area contributed by atoms with Crippen LogP contribution < -0.4 is 0 Å². The number of ether oxygens (including phenoxy) is 1. The number of hydrogen-bond acceptors (Lipinski definition) is 3. The molecule has 1 heterocycles. The standard InChI is InChI=1S/C10H19NO2/c1-7(2)11-6-8(3)5-9(11)10(12)13-4/h7-9H,5-6H2,1-4H3/t8-,9-/m1/s1. The number of carbonyl (C=O) groups is 1. The van der Waals surface area contributed by atoms with Crippen molar-refractivity contribution in [3.63, 3.8) is 0 Å². The van der Waals surface area contributed by atoms with Crippen LogP contribution in [0.2, 0.25) is 0 Å². The molecule has 1 rings (SSSR count). The second-order valence-corrected chi connectivity index (χ2v) is 4.17. The largest absolute Gasteiger partial charge is 0.468 e. The highest BCUT2D eigenvalue weighted by atomic mass is 16.5. The van der Waals surface area contributed by atoms with Gasteiger partial charge in [0.05, 0.1) is 7.11 Å². The maximum atomic E-state index is 11.4. The fraction of sp³-hybridized carbons (Fsp3) is 0.900. The van der Waals surface area contributed by atoms with Crippen LogP contribution in [0.15, 0.2) is 0 Å². The average Bonchev–Trinajstić information content (AvgIpc) is 2.46.